The van der Waals surface area contributed by atoms with Crippen LogP contribution in [-0.4, -0.2) is 9.97 Å². The predicted molar refractivity (Wildman–Crippen MR) is 67.8 cm³/mol. The van der Waals surface area contributed by atoms with Gasteiger partial charge < -0.3 is 10.7 Å². The Kier molecular flexibility index (Phi) is 1.85. The van der Waals surface area contributed by atoms with Gasteiger partial charge in [-0.1, -0.05) is 23.7 Å². The van der Waals surface area contributed by atoms with Gasteiger partial charge in [0.1, 0.15) is 5.82 Å². The van der Waals surface area contributed by atoms with Gasteiger partial charge in [-0.3, -0.25) is 0 Å². The van der Waals surface area contributed by atoms with E-state index < -0.39 is 0 Å². The number of nitrogens with zero attached hydrogens (tertiary/aromatic N) is 1. The molecule has 0 aliphatic carbocycles. The van der Waals surface area contributed by atoms with Gasteiger partial charge in [0.2, 0.25) is 0 Å². The molecule has 0 spiro atoms. The van der Waals surface area contributed by atoms with Crippen LogP contribution in [0.2, 0.25) is 5.02 Å². The number of halogens is 1. The van der Waals surface area contributed by atoms with Crippen molar-refractivity contribution >= 4 is 39.2 Å². The number of pyridine rings is 1. The summed E-state index contributed by atoms with van der Waals surface area (Å²) in [5.41, 5.74) is 8.58. The maximum atomic E-state index is 6.14. The van der Waals surface area contributed by atoms with Gasteiger partial charge in [0.05, 0.1) is 21.7 Å². The van der Waals surface area contributed by atoms with Crippen LogP contribution in [0.3, 0.4) is 0 Å². The molecule has 0 aliphatic heterocycles. The largest absolute Gasteiger partial charge is 0.384 e. The summed E-state index contributed by atoms with van der Waals surface area (Å²) in [4.78, 5) is 7.52. The molecule has 4 heteroatoms. The number of anilines is 1. The fourth-order valence-electron chi connectivity index (χ4n) is 2.07. The number of nitrogen functional groups attached to an aromatic ring is 1. The van der Waals surface area contributed by atoms with Crippen molar-refractivity contribution in [3.05, 3.63) is 35.0 Å². The molecule has 0 saturated heterocycles. The lowest BCUT2D eigenvalue weighted by Gasteiger charge is -1.97. The van der Waals surface area contributed by atoms with E-state index in [1.807, 2.05) is 31.2 Å². The van der Waals surface area contributed by atoms with Crippen molar-refractivity contribution in [2.45, 2.75) is 6.92 Å². The van der Waals surface area contributed by atoms with Crippen molar-refractivity contribution in [1.29, 1.82) is 0 Å². The first-order chi connectivity index (χ1) is 7.66. The molecule has 0 amide bonds. The minimum absolute atomic E-state index is 0.533. The average molecular weight is 232 g/mol. The van der Waals surface area contributed by atoms with Gasteiger partial charge >= 0.3 is 0 Å². The maximum Gasteiger partial charge on any atom is 0.124 e. The second kappa shape index (κ2) is 3.12. The summed E-state index contributed by atoms with van der Waals surface area (Å²) in [5, 5.41) is 2.87. The lowest BCUT2D eigenvalue weighted by molar-refractivity contribution is 1.23. The predicted octanol–water partition coefficient (Wildman–Crippen LogP) is 3.26. The molecule has 80 valence electrons. The molecule has 0 bridgehead atoms. The van der Waals surface area contributed by atoms with E-state index >= 15 is 0 Å². The normalized spacial score (nSPS) is 11.4. The van der Waals surface area contributed by atoms with Crippen molar-refractivity contribution in [2.75, 3.05) is 5.73 Å². The summed E-state index contributed by atoms with van der Waals surface area (Å²) >= 11 is 6.14. The van der Waals surface area contributed by atoms with Gasteiger partial charge in [-0.05, 0) is 19.1 Å². The fraction of sp³-hybridized carbons (Fsp3) is 0.0833. The van der Waals surface area contributed by atoms with E-state index in [1.54, 1.807) is 0 Å². The first kappa shape index (κ1) is 9.48. The third kappa shape index (κ3) is 1.18. The minimum atomic E-state index is 0.533. The highest BCUT2D eigenvalue weighted by atomic mass is 35.5. The van der Waals surface area contributed by atoms with E-state index in [4.69, 9.17) is 17.3 Å². The quantitative estimate of drug-likeness (QED) is 0.624. The van der Waals surface area contributed by atoms with Crippen molar-refractivity contribution in [3.63, 3.8) is 0 Å². The third-order valence-corrected chi connectivity index (χ3v) is 3.09. The molecule has 0 fully saturated rings. The number of aromatic amines is 1. The van der Waals surface area contributed by atoms with E-state index in [0.717, 1.165) is 27.5 Å². The van der Waals surface area contributed by atoms with E-state index in [9.17, 15) is 0 Å². The van der Waals surface area contributed by atoms with Crippen LogP contribution in [0.4, 0.5) is 5.82 Å². The highest BCUT2D eigenvalue weighted by Crippen LogP contribution is 2.31. The van der Waals surface area contributed by atoms with Gasteiger partial charge in [-0.2, -0.15) is 0 Å². The van der Waals surface area contributed by atoms with Crippen LogP contribution in [0.15, 0.2) is 24.3 Å². The molecule has 0 unspecified atom stereocenters. The number of hydrogen-bond donors (Lipinski definition) is 2. The number of aromatic nitrogens is 2. The molecule has 1 aromatic carbocycles. The van der Waals surface area contributed by atoms with E-state index in [2.05, 4.69) is 9.97 Å². The van der Waals surface area contributed by atoms with Crippen LogP contribution < -0.4 is 5.73 Å². The highest BCUT2D eigenvalue weighted by molar-refractivity contribution is 6.36. The summed E-state index contributed by atoms with van der Waals surface area (Å²) in [6.07, 6.45) is 0. The smallest absolute Gasteiger partial charge is 0.124 e. The number of hydrogen-bond acceptors (Lipinski definition) is 2. The Morgan fingerprint density at radius 2 is 2.06 bits per heavy atom. The lowest BCUT2D eigenvalue weighted by atomic mass is 10.1. The molecule has 16 heavy (non-hydrogen) atoms. The molecule has 3 aromatic rings. The second-order valence-corrected chi connectivity index (χ2v) is 4.25. The lowest BCUT2D eigenvalue weighted by Crippen LogP contribution is -1.92. The number of nitrogens with two attached hydrogens (primary N) is 1. The topological polar surface area (TPSA) is 54.7 Å². The monoisotopic (exact) mass is 231 g/mol. The molecule has 0 aliphatic rings. The summed E-state index contributed by atoms with van der Waals surface area (Å²) < 4.78 is 0. The van der Waals surface area contributed by atoms with Crippen molar-refractivity contribution in [1.82, 2.24) is 9.97 Å². The number of H-pyrrole nitrogens is 1. The summed E-state index contributed by atoms with van der Waals surface area (Å²) in [6, 6.07) is 7.70. The molecule has 0 atom stereocenters. The van der Waals surface area contributed by atoms with E-state index in [0.29, 0.717) is 10.8 Å². The van der Waals surface area contributed by atoms with Crippen molar-refractivity contribution in [3.8, 4) is 0 Å². The van der Waals surface area contributed by atoms with Gasteiger partial charge in [-0.25, -0.2) is 4.98 Å². The minimum Gasteiger partial charge on any atom is -0.384 e. The van der Waals surface area contributed by atoms with Crippen LogP contribution in [0.25, 0.3) is 21.8 Å². The molecular weight excluding hydrogens is 222 g/mol. The zero-order valence-corrected chi connectivity index (χ0v) is 9.47. The molecular formula is C12H10ClN3. The molecule has 0 saturated carbocycles. The fourth-order valence-corrected chi connectivity index (χ4v) is 2.29. The highest BCUT2D eigenvalue weighted by Gasteiger charge is 2.09. The Bertz CT molecular complexity index is 700. The second-order valence-electron chi connectivity index (χ2n) is 3.84. The Hall–Kier alpha value is -1.74. The van der Waals surface area contributed by atoms with Crippen LogP contribution in [-0.2, 0) is 0 Å². The molecule has 3 nitrogen and oxygen atoms in total. The first-order valence-corrected chi connectivity index (χ1v) is 5.37. The Labute approximate surface area is 97.2 Å². The van der Waals surface area contributed by atoms with Gasteiger partial charge in [0.15, 0.2) is 0 Å². The van der Waals surface area contributed by atoms with Crippen LogP contribution in [0.5, 0.6) is 0 Å². The maximum absolute atomic E-state index is 6.14. The van der Waals surface area contributed by atoms with Crippen molar-refractivity contribution in [2.24, 2.45) is 0 Å². The summed E-state index contributed by atoms with van der Waals surface area (Å²) in [7, 11) is 0. The number of fused-ring (bicyclic) bond motifs is 3. The summed E-state index contributed by atoms with van der Waals surface area (Å²) in [5.74, 6) is 0.533. The molecule has 2 aromatic heterocycles. The number of aryl methyl sites for hydroxylation is 1. The van der Waals surface area contributed by atoms with Gasteiger partial charge in [0, 0.05) is 10.8 Å². The van der Waals surface area contributed by atoms with E-state index in [-0.39, 0.29) is 0 Å². The molecule has 3 N–H and O–H groups in total. The molecule has 3 rings (SSSR count). The number of nitrogens with one attached hydrogen (secondary N) is 1. The van der Waals surface area contributed by atoms with Gasteiger partial charge in [0.25, 0.3) is 0 Å². The SMILES string of the molecule is Cc1nc(N)cc2c1[nH]c1c(Cl)cccc12. The molecule has 2 heterocycles. The average Bonchev–Trinajstić information content (AvgIpc) is 2.59. The zero-order valence-electron chi connectivity index (χ0n) is 8.71. The third-order valence-electron chi connectivity index (χ3n) is 2.77. The Morgan fingerprint density at radius 1 is 1.25 bits per heavy atom. The van der Waals surface area contributed by atoms with Crippen LogP contribution in [0, 0.1) is 6.92 Å². The van der Waals surface area contributed by atoms with E-state index in [1.165, 1.54) is 0 Å². The number of benzene rings is 1. The zero-order chi connectivity index (χ0) is 11.3. The summed E-state index contributed by atoms with van der Waals surface area (Å²) in [6.45, 7) is 1.93. The molecule has 0 radical (unpaired) electrons. The number of rotatable bonds is 0. The van der Waals surface area contributed by atoms with Crippen LogP contribution in [0.1, 0.15) is 5.69 Å². The standard InChI is InChI=1S/C12H10ClN3/c1-6-11-8(5-10(14)15-6)7-3-2-4-9(13)12(7)16-11/h2-5,16H,1H3,(H2,14,15). The van der Waals surface area contributed by atoms with Gasteiger partial charge in [-0.15, -0.1) is 0 Å². The van der Waals surface area contributed by atoms with Crippen molar-refractivity contribution < 1.29 is 0 Å². The first-order valence-electron chi connectivity index (χ1n) is 5.00. The van der Waals surface area contributed by atoms with Crippen LogP contribution >= 0.6 is 11.6 Å². The Balaban J connectivity index is 2.61. The number of para-hydroxylation sites is 1. The Morgan fingerprint density at radius 3 is 2.88 bits per heavy atom.